The van der Waals surface area contributed by atoms with Gasteiger partial charge in [0.15, 0.2) is 5.82 Å². The Balaban J connectivity index is 2.39. The van der Waals surface area contributed by atoms with Crippen LogP contribution in [0.25, 0.3) is 0 Å². The summed E-state index contributed by atoms with van der Waals surface area (Å²) < 4.78 is 1.72. The molecule has 1 aromatic rings. The minimum atomic E-state index is -0.874. The van der Waals surface area contributed by atoms with Crippen LogP contribution >= 0.6 is 0 Å². The zero-order chi connectivity index (χ0) is 14.4. The Labute approximate surface area is 111 Å². The average Bonchev–Trinajstić information content (AvgIpc) is 2.72. The number of carboxylic acids is 1. The van der Waals surface area contributed by atoms with Crippen molar-refractivity contribution in [2.24, 2.45) is 7.05 Å². The number of nitrogens with zero attached hydrogens (tertiary/aromatic N) is 3. The second-order valence-electron chi connectivity index (χ2n) is 4.47. The molecule has 0 fully saturated rings. The van der Waals surface area contributed by atoms with Crippen molar-refractivity contribution < 1.29 is 14.7 Å². The summed E-state index contributed by atoms with van der Waals surface area (Å²) in [6.07, 6.45) is 1.97. The van der Waals surface area contributed by atoms with E-state index in [9.17, 15) is 9.59 Å². The maximum absolute atomic E-state index is 11.7. The van der Waals surface area contributed by atoms with E-state index in [1.54, 1.807) is 31.8 Å². The Bertz CT molecular complexity index is 445. The number of carbonyl (C=O) groups is 2. The molecule has 0 aliphatic heterocycles. The Kier molecular flexibility index (Phi) is 5.28. The molecule has 0 saturated heterocycles. The Morgan fingerprint density at radius 2 is 2.11 bits per heavy atom. The van der Waals surface area contributed by atoms with Gasteiger partial charge in [0, 0.05) is 19.5 Å². The monoisotopic (exact) mass is 269 g/mol. The van der Waals surface area contributed by atoms with Gasteiger partial charge in [-0.2, -0.15) is 0 Å². The van der Waals surface area contributed by atoms with Crippen molar-refractivity contribution in [2.45, 2.75) is 38.8 Å². The number of rotatable bonds is 6. The molecule has 1 aromatic heterocycles. The van der Waals surface area contributed by atoms with Crippen LogP contribution in [0.2, 0.25) is 0 Å². The van der Waals surface area contributed by atoms with E-state index < -0.39 is 5.97 Å². The lowest BCUT2D eigenvalue weighted by atomic mass is 10.2. The van der Waals surface area contributed by atoms with Crippen LogP contribution in [0.5, 0.6) is 0 Å². The number of carboxylic acid groups (broad SMARTS) is 1. The topological polar surface area (TPSA) is 109 Å². The van der Waals surface area contributed by atoms with Crippen molar-refractivity contribution in [1.82, 2.24) is 25.4 Å². The molecule has 0 spiro atoms. The standard InChI is InChI=1S/C11H19N5O3/c1-7(4-5-9(17)18)13-11(19)14-8(2)10-15-12-6-16(10)3/h6-8H,4-5H2,1-3H3,(H,17,18)(H2,13,14,19). The van der Waals surface area contributed by atoms with E-state index in [2.05, 4.69) is 20.8 Å². The van der Waals surface area contributed by atoms with Gasteiger partial charge in [0.1, 0.15) is 6.33 Å². The predicted molar refractivity (Wildman–Crippen MR) is 67.4 cm³/mol. The van der Waals surface area contributed by atoms with Crippen molar-refractivity contribution >= 4 is 12.0 Å². The first-order valence-corrected chi connectivity index (χ1v) is 6.03. The second-order valence-corrected chi connectivity index (χ2v) is 4.47. The van der Waals surface area contributed by atoms with Crippen LogP contribution in [0.15, 0.2) is 6.33 Å². The van der Waals surface area contributed by atoms with Gasteiger partial charge in [-0.15, -0.1) is 10.2 Å². The fourth-order valence-electron chi connectivity index (χ4n) is 1.62. The Morgan fingerprint density at radius 1 is 1.42 bits per heavy atom. The average molecular weight is 269 g/mol. The third kappa shape index (κ3) is 4.94. The van der Waals surface area contributed by atoms with Crippen LogP contribution < -0.4 is 10.6 Å². The molecule has 0 radical (unpaired) electrons. The van der Waals surface area contributed by atoms with Crippen molar-refractivity contribution in [1.29, 1.82) is 0 Å². The van der Waals surface area contributed by atoms with E-state index in [1.807, 2.05) is 0 Å². The van der Waals surface area contributed by atoms with Crippen molar-refractivity contribution in [2.75, 3.05) is 0 Å². The van der Waals surface area contributed by atoms with Crippen LogP contribution in [0.4, 0.5) is 4.79 Å². The number of hydrogen-bond acceptors (Lipinski definition) is 4. The fourth-order valence-corrected chi connectivity index (χ4v) is 1.62. The highest BCUT2D eigenvalue weighted by molar-refractivity contribution is 5.74. The van der Waals surface area contributed by atoms with Gasteiger partial charge in [-0.05, 0) is 20.3 Å². The maximum atomic E-state index is 11.7. The van der Waals surface area contributed by atoms with E-state index >= 15 is 0 Å². The molecule has 0 aromatic carbocycles. The van der Waals surface area contributed by atoms with Gasteiger partial charge in [-0.25, -0.2) is 4.79 Å². The summed E-state index contributed by atoms with van der Waals surface area (Å²) in [4.78, 5) is 22.1. The quantitative estimate of drug-likeness (QED) is 0.693. The normalized spacial score (nSPS) is 13.6. The molecule has 0 bridgehead atoms. The first-order valence-electron chi connectivity index (χ1n) is 6.03. The molecule has 2 unspecified atom stereocenters. The minimum absolute atomic E-state index is 0.0281. The lowest BCUT2D eigenvalue weighted by Crippen LogP contribution is -2.42. The summed E-state index contributed by atoms with van der Waals surface area (Å²) in [5.74, 6) is -0.227. The van der Waals surface area contributed by atoms with Crippen LogP contribution in [0.1, 0.15) is 38.6 Å². The molecule has 2 amide bonds. The van der Waals surface area contributed by atoms with Gasteiger partial charge >= 0.3 is 12.0 Å². The van der Waals surface area contributed by atoms with Gasteiger partial charge in [0.2, 0.25) is 0 Å². The van der Waals surface area contributed by atoms with E-state index in [0.717, 1.165) is 0 Å². The Hall–Kier alpha value is -2.12. The minimum Gasteiger partial charge on any atom is -0.481 e. The van der Waals surface area contributed by atoms with Gasteiger partial charge in [-0.3, -0.25) is 4.79 Å². The molecule has 2 atom stereocenters. The summed E-state index contributed by atoms with van der Waals surface area (Å²) in [5, 5.41) is 21.6. The molecule has 19 heavy (non-hydrogen) atoms. The van der Waals surface area contributed by atoms with E-state index in [0.29, 0.717) is 12.2 Å². The summed E-state index contributed by atoms with van der Waals surface area (Å²) >= 11 is 0. The van der Waals surface area contributed by atoms with Crippen LogP contribution in [-0.2, 0) is 11.8 Å². The molecule has 0 saturated carbocycles. The van der Waals surface area contributed by atoms with Gasteiger partial charge in [0.25, 0.3) is 0 Å². The smallest absolute Gasteiger partial charge is 0.315 e. The van der Waals surface area contributed by atoms with E-state index in [-0.39, 0.29) is 24.5 Å². The molecular formula is C11H19N5O3. The summed E-state index contributed by atoms with van der Waals surface area (Å²) in [6, 6.07) is -0.838. The Morgan fingerprint density at radius 3 is 2.63 bits per heavy atom. The highest BCUT2D eigenvalue weighted by atomic mass is 16.4. The lowest BCUT2D eigenvalue weighted by molar-refractivity contribution is -0.137. The summed E-state index contributed by atoms with van der Waals surface area (Å²) in [6.45, 7) is 3.56. The molecule has 1 rings (SSSR count). The van der Waals surface area contributed by atoms with Crippen molar-refractivity contribution in [3.63, 3.8) is 0 Å². The number of amides is 2. The SMILES string of the molecule is CC(CCC(=O)O)NC(=O)NC(C)c1nncn1C. The van der Waals surface area contributed by atoms with Gasteiger partial charge in [-0.1, -0.05) is 0 Å². The second kappa shape index (κ2) is 6.72. The third-order valence-corrected chi connectivity index (χ3v) is 2.65. The maximum Gasteiger partial charge on any atom is 0.315 e. The number of aliphatic carboxylic acids is 1. The molecule has 8 nitrogen and oxygen atoms in total. The van der Waals surface area contributed by atoms with E-state index in [4.69, 9.17) is 5.11 Å². The number of urea groups is 1. The number of carbonyl (C=O) groups excluding carboxylic acids is 1. The molecule has 3 N–H and O–H groups in total. The van der Waals surface area contributed by atoms with Gasteiger partial charge in [0.05, 0.1) is 6.04 Å². The number of nitrogens with one attached hydrogen (secondary N) is 2. The number of aryl methyl sites for hydroxylation is 1. The molecule has 1 heterocycles. The van der Waals surface area contributed by atoms with Crippen molar-refractivity contribution in [3.8, 4) is 0 Å². The third-order valence-electron chi connectivity index (χ3n) is 2.65. The fraction of sp³-hybridized carbons (Fsp3) is 0.636. The van der Waals surface area contributed by atoms with Crippen LogP contribution in [-0.4, -0.2) is 37.9 Å². The van der Waals surface area contributed by atoms with E-state index in [1.165, 1.54) is 0 Å². The van der Waals surface area contributed by atoms with Crippen LogP contribution in [0.3, 0.4) is 0 Å². The number of hydrogen-bond donors (Lipinski definition) is 3. The molecule has 106 valence electrons. The first kappa shape index (κ1) is 14.9. The lowest BCUT2D eigenvalue weighted by Gasteiger charge is -2.17. The molecule has 0 aliphatic rings. The van der Waals surface area contributed by atoms with Gasteiger partial charge < -0.3 is 20.3 Å². The highest BCUT2D eigenvalue weighted by Gasteiger charge is 2.15. The first-order chi connectivity index (χ1) is 8.90. The molecular weight excluding hydrogens is 250 g/mol. The zero-order valence-corrected chi connectivity index (χ0v) is 11.3. The summed E-state index contributed by atoms with van der Waals surface area (Å²) in [7, 11) is 1.79. The summed E-state index contributed by atoms with van der Waals surface area (Å²) in [5.41, 5.74) is 0. The van der Waals surface area contributed by atoms with Crippen LogP contribution in [0, 0.1) is 0 Å². The largest absolute Gasteiger partial charge is 0.481 e. The highest BCUT2D eigenvalue weighted by Crippen LogP contribution is 2.06. The molecule has 0 aliphatic carbocycles. The molecule has 8 heteroatoms. The zero-order valence-electron chi connectivity index (χ0n) is 11.3. The van der Waals surface area contributed by atoms with Crippen molar-refractivity contribution in [3.05, 3.63) is 12.2 Å². The predicted octanol–water partition coefficient (Wildman–Crippen LogP) is 0.429. The number of aromatic nitrogens is 3.